The number of carbonyl (C=O) groups excluding carboxylic acids is 1. The molecule has 0 aliphatic carbocycles. The summed E-state index contributed by atoms with van der Waals surface area (Å²) in [6, 6.07) is 10.0. The Bertz CT molecular complexity index is 956. The van der Waals surface area contributed by atoms with Crippen molar-refractivity contribution in [2.75, 3.05) is 7.11 Å². The lowest BCUT2D eigenvalue weighted by atomic mass is 10.0. The van der Waals surface area contributed by atoms with Crippen molar-refractivity contribution in [2.45, 2.75) is 12.5 Å². The van der Waals surface area contributed by atoms with Crippen LogP contribution in [0.15, 0.2) is 54.9 Å². The Labute approximate surface area is 155 Å². The number of aryl methyl sites for hydroxylation is 1. The quantitative estimate of drug-likeness (QED) is 0.724. The molecule has 140 valence electrons. The first-order valence-corrected chi connectivity index (χ1v) is 8.33. The third kappa shape index (κ3) is 4.13. The fraction of sp³-hybridized carbons (Fsp3) is 0.200. The van der Waals surface area contributed by atoms with Gasteiger partial charge < -0.3 is 14.6 Å². The van der Waals surface area contributed by atoms with Crippen molar-refractivity contribution >= 4 is 5.91 Å². The summed E-state index contributed by atoms with van der Waals surface area (Å²) < 4.78 is 34.0. The van der Waals surface area contributed by atoms with Crippen LogP contribution >= 0.6 is 0 Å². The number of aromatic nitrogens is 2. The summed E-state index contributed by atoms with van der Waals surface area (Å²) >= 11 is 0. The standard InChI is InChI=1S/C20H19F2N3O2/c1-25-10-9-23-20(25)19(14-7-8-15(21)16(22)11-14)24-18(26)12-13-5-3-4-6-17(13)27-2/h3-11,19H,12H2,1-2H3,(H,24,26). The van der Waals surface area contributed by atoms with Gasteiger partial charge in [-0.3, -0.25) is 4.79 Å². The minimum Gasteiger partial charge on any atom is -0.496 e. The summed E-state index contributed by atoms with van der Waals surface area (Å²) in [6.07, 6.45) is 3.37. The van der Waals surface area contributed by atoms with E-state index in [4.69, 9.17) is 4.74 Å². The molecule has 0 aliphatic heterocycles. The first kappa shape index (κ1) is 18.6. The lowest BCUT2D eigenvalue weighted by Crippen LogP contribution is -2.32. The number of rotatable bonds is 6. The van der Waals surface area contributed by atoms with Crippen molar-refractivity contribution in [1.29, 1.82) is 0 Å². The molecule has 0 saturated heterocycles. The molecule has 0 radical (unpaired) electrons. The lowest BCUT2D eigenvalue weighted by Gasteiger charge is -2.20. The van der Waals surface area contributed by atoms with Gasteiger partial charge in [0.15, 0.2) is 11.6 Å². The van der Waals surface area contributed by atoms with Crippen LogP contribution in [0.25, 0.3) is 0 Å². The maximum atomic E-state index is 13.7. The predicted molar refractivity (Wildman–Crippen MR) is 96.2 cm³/mol. The third-order valence-corrected chi connectivity index (χ3v) is 4.24. The zero-order valence-corrected chi connectivity index (χ0v) is 14.9. The molecule has 7 heteroatoms. The van der Waals surface area contributed by atoms with Crippen molar-refractivity contribution < 1.29 is 18.3 Å². The first-order valence-electron chi connectivity index (χ1n) is 8.33. The van der Waals surface area contributed by atoms with E-state index in [1.54, 1.807) is 36.1 Å². The second kappa shape index (κ2) is 7.99. The topological polar surface area (TPSA) is 56.1 Å². The van der Waals surface area contributed by atoms with E-state index in [1.165, 1.54) is 13.2 Å². The second-order valence-corrected chi connectivity index (χ2v) is 6.06. The minimum absolute atomic E-state index is 0.0780. The van der Waals surface area contributed by atoms with Gasteiger partial charge in [-0.15, -0.1) is 0 Å². The van der Waals surface area contributed by atoms with Crippen LogP contribution in [0, 0.1) is 11.6 Å². The Hall–Kier alpha value is -3.22. The van der Waals surface area contributed by atoms with Crippen LogP contribution in [-0.4, -0.2) is 22.6 Å². The highest BCUT2D eigenvalue weighted by atomic mass is 19.2. The predicted octanol–water partition coefficient (Wildman–Crippen LogP) is 3.16. The molecule has 1 amide bonds. The number of methoxy groups -OCH3 is 1. The molecule has 0 saturated carbocycles. The number of hydrogen-bond donors (Lipinski definition) is 1. The van der Waals surface area contributed by atoms with Crippen molar-refractivity contribution in [1.82, 2.24) is 14.9 Å². The minimum atomic E-state index is -0.981. The highest BCUT2D eigenvalue weighted by molar-refractivity contribution is 5.80. The molecule has 2 aromatic carbocycles. The lowest BCUT2D eigenvalue weighted by molar-refractivity contribution is -0.121. The number of hydrogen-bond acceptors (Lipinski definition) is 3. The van der Waals surface area contributed by atoms with Gasteiger partial charge in [0.25, 0.3) is 0 Å². The van der Waals surface area contributed by atoms with Crippen molar-refractivity contribution in [3.8, 4) is 5.75 Å². The van der Waals surface area contributed by atoms with Crippen LogP contribution in [0.3, 0.4) is 0 Å². The van der Waals surface area contributed by atoms with E-state index in [2.05, 4.69) is 10.3 Å². The van der Waals surface area contributed by atoms with Gasteiger partial charge in [-0.05, 0) is 23.8 Å². The van der Waals surface area contributed by atoms with E-state index in [-0.39, 0.29) is 12.3 Å². The number of imidazole rings is 1. The molecule has 0 spiro atoms. The normalized spacial score (nSPS) is 11.9. The molecule has 1 N–H and O–H groups in total. The maximum absolute atomic E-state index is 13.7. The van der Waals surface area contributed by atoms with Crippen LogP contribution in [0.4, 0.5) is 8.78 Å². The van der Waals surface area contributed by atoms with Gasteiger partial charge in [0, 0.05) is 25.0 Å². The maximum Gasteiger partial charge on any atom is 0.225 e. The molecular formula is C20H19F2N3O2. The van der Waals surface area contributed by atoms with Gasteiger partial charge in [0.1, 0.15) is 17.6 Å². The van der Waals surface area contributed by atoms with Gasteiger partial charge in [-0.1, -0.05) is 24.3 Å². The molecule has 27 heavy (non-hydrogen) atoms. The average Bonchev–Trinajstić information content (AvgIpc) is 3.08. The van der Waals surface area contributed by atoms with Gasteiger partial charge in [0.05, 0.1) is 13.5 Å². The molecule has 1 unspecified atom stereocenters. The van der Waals surface area contributed by atoms with Crippen LogP contribution in [0.2, 0.25) is 0 Å². The van der Waals surface area contributed by atoms with E-state index in [0.717, 1.165) is 17.7 Å². The van der Waals surface area contributed by atoms with Crippen LogP contribution in [0.1, 0.15) is 23.0 Å². The Morgan fingerprint density at radius 3 is 2.67 bits per heavy atom. The number of halogens is 2. The average molecular weight is 371 g/mol. The summed E-state index contributed by atoms with van der Waals surface area (Å²) in [5, 5.41) is 2.86. The monoisotopic (exact) mass is 371 g/mol. The second-order valence-electron chi connectivity index (χ2n) is 6.06. The van der Waals surface area contributed by atoms with Gasteiger partial charge >= 0.3 is 0 Å². The molecule has 0 fully saturated rings. The summed E-state index contributed by atoms with van der Waals surface area (Å²) in [6.45, 7) is 0. The van der Waals surface area contributed by atoms with Crippen LogP contribution in [0.5, 0.6) is 5.75 Å². The summed E-state index contributed by atoms with van der Waals surface area (Å²) in [7, 11) is 3.30. The molecule has 1 aromatic heterocycles. The highest BCUT2D eigenvalue weighted by Crippen LogP contribution is 2.23. The Balaban J connectivity index is 1.88. The Morgan fingerprint density at radius 2 is 2.00 bits per heavy atom. The fourth-order valence-electron chi connectivity index (χ4n) is 2.88. The van der Waals surface area contributed by atoms with Crippen molar-refractivity contribution in [3.05, 3.63) is 83.4 Å². The SMILES string of the molecule is COc1ccccc1CC(=O)NC(c1ccc(F)c(F)c1)c1nccn1C. The molecule has 5 nitrogen and oxygen atoms in total. The zero-order chi connectivity index (χ0) is 19.4. The molecule has 0 bridgehead atoms. The van der Waals surface area contributed by atoms with E-state index in [0.29, 0.717) is 17.1 Å². The summed E-state index contributed by atoms with van der Waals surface area (Å²) in [5.74, 6) is -1.11. The highest BCUT2D eigenvalue weighted by Gasteiger charge is 2.22. The van der Waals surface area contributed by atoms with Crippen LogP contribution < -0.4 is 10.1 Å². The number of nitrogens with one attached hydrogen (secondary N) is 1. The number of benzene rings is 2. The van der Waals surface area contributed by atoms with E-state index in [1.807, 2.05) is 12.1 Å². The summed E-state index contributed by atoms with van der Waals surface area (Å²) in [4.78, 5) is 16.9. The number of amides is 1. The van der Waals surface area contributed by atoms with Gasteiger partial charge in [-0.25, -0.2) is 13.8 Å². The number of para-hydroxylation sites is 1. The molecule has 1 heterocycles. The molecule has 3 rings (SSSR count). The zero-order valence-electron chi connectivity index (χ0n) is 14.9. The third-order valence-electron chi connectivity index (χ3n) is 4.24. The molecular weight excluding hydrogens is 352 g/mol. The Kier molecular flexibility index (Phi) is 5.49. The van der Waals surface area contributed by atoms with Crippen molar-refractivity contribution in [2.24, 2.45) is 7.05 Å². The number of ether oxygens (including phenoxy) is 1. The van der Waals surface area contributed by atoms with Gasteiger partial charge in [-0.2, -0.15) is 0 Å². The largest absolute Gasteiger partial charge is 0.496 e. The van der Waals surface area contributed by atoms with Gasteiger partial charge in [0.2, 0.25) is 5.91 Å². The fourth-order valence-corrected chi connectivity index (χ4v) is 2.88. The van der Waals surface area contributed by atoms with Crippen molar-refractivity contribution in [3.63, 3.8) is 0 Å². The molecule has 3 aromatic rings. The molecule has 0 aliphatic rings. The Morgan fingerprint density at radius 1 is 1.22 bits per heavy atom. The molecule has 1 atom stereocenters. The van der Waals surface area contributed by atoms with E-state index in [9.17, 15) is 13.6 Å². The van der Waals surface area contributed by atoms with E-state index >= 15 is 0 Å². The van der Waals surface area contributed by atoms with E-state index < -0.39 is 17.7 Å². The smallest absolute Gasteiger partial charge is 0.225 e. The van der Waals surface area contributed by atoms with Crippen LogP contribution in [-0.2, 0) is 18.3 Å². The number of nitrogens with zero attached hydrogens (tertiary/aromatic N) is 2. The number of carbonyl (C=O) groups is 1. The first-order chi connectivity index (χ1) is 13.0. The summed E-state index contributed by atoms with van der Waals surface area (Å²) in [5.41, 5.74) is 1.12.